The topological polar surface area (TPSA) is 21.3 Å². The number of rotatable bonds is 4. The zero-order chi connectivity index (χ0) is 13.0. The zero-order valence-electron chi connectivity index (χ0n) is 10.6. The van der Waals surface area contributed by atoms with Crippen molar-refractivity contribution in [2.75, 3.05) is 19.8 Å². The van der Waals surface area contributed by atoms with Crippen molar-refractivity contribution in [3.05, 3.63) is 33.8 Å². The van der Waals surface area contributed by atoms with Crippen molar-refractivity contribution in [1.29, 1.82) is 0 Å². The van der Waals surface area contributed by atoms with Crippen LogP contribution in [-0.4, -0.2) is 25.8 Å². The first kappa shape index (κ1) is 14.1. The third-order valence-electron chi connectivity index (χ3n) is 3.47. The molecule has 1 aromatic rings. The van der Waals surface area contributed by atoms with Gasteiger partial charge in [0.1, 0.15) is 0 Å². The lowest BCUT2D eigenvalue weighted by atomic mass is 9.89. The molecule has 0 spiro atoms. The van der Waals surface area contributed by atoms with E-state index in [-0.39, 0.29) is 0 Å². The Bertz CT molecular complexity index is 375. The zero-order valence-corrected chi connectivity index (χ0v) is 12.1. The normalized spacial score (nSPS) is 24.2. The van der Waals surface area contributed by atoms with Gasteiger partial charge < -0.3 is 10.1 Å². The van der Waals surface area contributed by atoms with Gasteiger partial charge in [0, 0.05) is 28.6 Å². The molecule has 0 radical (unpaired) electrons. The Balaban J connectivity index is 2.11. The van der Waals surface area contributed by atoms with Crippen LogP contribution in [-0.2, 0) is 11.2 Å². The predicted molar refractivity (Wildman–Crippen MR) is 76.6 cm³/mol. The van der Waals surface area contributed by atoms with Crippen molar-refractivity contribution in [2.45, 2.75) is 25.8 Å². The van der Waals surface area contributed by atoms with Crippen LogP contribution in [0, 0.1) is 5.92 Å². The molecule has 1 aliphatic rings. The third-order valence-corrected chi connectivity index (χ3v) is 4.18. The van der Waals surface area contributed by atoms with Crippen molar-refractivity contribution < 1.29 is 4.74 Å². The molecular weight excluding hydrogens is 269 g/mol. The number of benzene rings is 1. The van der Waals surface area contributed by atoms with E-state index in [1.807, 2.05) is 18.2 Å². The minimum absolute atomic E-state index is 0.441. The van der Waals surface area contributed by atoms with Crippen molar-refractivity contribution in [3.8, 4) is 0 Å². The summed E-state index contributed by atoms with van der Waals surface area (Å²) < 4.78 is 5.58. The Labute approximate surface area is 119 Å². The van der Waals surface area contributed by atoms with Crippen LogP contribution < -0.4 is 5.32 Å². The fraction of sp³-hybridized carbons (Fsp3) is 0.571. The summed E-state index contributed by atoms with van der Waals surface area (Å²) in [6.45, 7) is 4.73. The number of halogens is 2. The van der Waals surface area contributed by atoms with Gasteiger partial charge in [0.05, 0.1) is 6.61 Å². The van der Waals surface area contributed by atoms with E-state index in [0.29, 0.717) is 12.0 Å². The molecule has 0 bridgehead atoms. The second kappa shape index (κ2) is 6.76. The van der Waals surface area contributed by atoms with Gasteiger partial charge in [-0.3, -0.25) is 0 Å². The number of hydrogen-bond donors (Lipinski definition) is 1. The maximum Gasteiger partial charge on any atom is 0.0512 e. The molecule has 0 saturated carbocycles. The molecule has 1 aliphatic heterocycles. The van der Waals surface area contributed by atoms with Crippen LogP contribution in [0.3, 0.4) is 0 Å². The molecule has 100 valence electrons. The van der Waals surface area contributed by atoms with Gasteiger partial charge in [0.2, 0.25) is 0 Å². The lowest BCUT2D eigenvalue weighted by molar-refractivity contribution is 0.0327. The molecule has 4 heteroatoms. The molecule has 18 heavy (non-hydrogen) atoms. The van der Waals surface area contributed by atoms with E-state index in [4.69, 9.17) is 27.9 Å². The van der Waals surface area contributed by atoms with E-state index in [1.165, 1.54) is 0 Å². The highest BCUT2D eigenvalue weighted by atomic mass is 35.5. The van der Waals surface area contributed by atoms with Gasteiger partial charge in [0.15, 0.2) is 0 Å². The summed E-state index contributed by atoms with van der Waals surface area (Å²) in [5.41, 5.74) is 1.04. The van der Waals surface area contributed by atoms with Gasteiger partial charge in [0.25, 0.3) is 0 Å². The minimum Gasteiger partial charge on any atom is -0.381 e. The number of nitrogens with one attached hydrogen (secondary N) is 1. The van der Waals surface area contributed by atoms with E-state index >= 15 is 0 Å². The fourth-order valence-corrected chi connectivity index (χ4v) is 3.07. The molecule has 1 heterocycles. The molecule has 2 atom stereocenters. The molecule has 1 aromatic carbocycles. The molecule has 0 unspecified atom stereocenters. The fourth-order valence-electron chi connectivity index (χ4n) is 2.52. The molecule has 0 aliphatic carbocycles. The van der Waals surface area contributed by atoms with Crippen LogP contribution in [0.15, 0.2) is 18.2 Å². The van der Waals surface area contributed by atoms with Crippen molar-refractivity contribution in [3.63, 3.8) is 0 Å². The SMILES string of the molecule is CCN[C@@H]1CCOC[C@@H]1Cc1c(Cl)cccc1Cl. The third kappa shape index (κ3) is 3.39. The van der Waals surface area contributed by atoms with E-state index in [9.17, 15) is 0 Å². The average molecular weight is 288 g/mol. The van der Waals surface area contributed by atoms with E-state index in [2.05, 4.69) is 12.2 Å². The second-order valence-corrected chi connectivity index (χ2v) is 5.51. The smallest absolute Gasteiger partial charge is 0.0512 e. The van der Waals surface area contributed by atoms with Crippen LogP contribution >= 0.6 is 23.2 Å². The lowest BCUT2D eigenvalue weighted by Gasteiger charge is -2.32. The highest BCUT2D eigenvalue weighted by molar-refractivity contribution is 6.35. The monoisotopic (exact) mass is 287 g/mol. The number of hydrogen-bond acceptors (Lipinski definition) is 2. The lowest BCUT2D eigenvalue weighted by Crippen LogP contribution is -2.43. The van der Waals surface area contributed by atoms with Gasteiger partial charge in [-0.25, -0.2) is 0 Å². The maximum absolute atomic E-state index is 6.23. The van der Waals surface area contributed by atoms with E-state index in [0.717, 1.165) is 48.2 Å². The Morgan fingerprint density at radius 2 is 2.06 bits per heavy atom. The van der Waals surface area contributed by atoms with Crippen molar-refractivity contribution in [2.24, 2.45) is 5.92 Å². The quantitative estimate of drug-likeness (QED) is 0.914. The summed E-state index contributed by atoms with van der Waals surface area (Å²) in [5, 5.41) is 5.03. The Kier molecular flexibility index (Phi) is 5.31. The maximum atomic E-state index is 6.23. The van der Waals surface area contributed by atoms with Gasteiger partial charge in [-0.1, -0.05) is 36.2 Å². The van der Waals surface area contributed by atoms with Crippen molar-refractivity contribution >= 4 is 23.2 Å². The molecule has 2 rings (SSSR count). The molecule has 1 N–H and O–H groups in total. The Morgan fingerprint density at radius 3 is 2.72 bits per heavy atom. The summed E-state index contributed by atoms with van der Waals surface area (Å²) in [6, 6.07) is 6.17. The summed E-state index contributed by atoms with van der Waals surface area (Å²) in [4.78, 5) is 0. The second-order valence-electron chi connectivity index (χ2n) is 4.69. The largest absolute Gasteiger partial charge is 0.381 e. The van der Waals surface area contributed by atoms with E-state index in [1.54, 1.807) is 0 Å². The first-order valence-corrected chi connectivity index (χ1v) is 7.22. The molecule has 2 nitrogen and oxygen atoms in total. The van der Waals surface area contributed by atoms with Gasteiger partial charge in [-0.2, -0.15) is 0 Å². The molecule has 0 amide bonds. The standard InChI is InChI=1S/C14H19Cl2NO/c1-2-17-14-6-7-18-9-10(14)8-11-12(15)4-3-5-13(11)16/h3-5,10,14,17H,2,6-9H2,1H3/t10-,14+/m0/s1. The first-order valence-electron chi connectivity index (χ1n) is 6.46. The Hall–Kier alpha value is -0.280. The summed E-state index contributed by atoms with van der Waals surface area (Å²) in [6.07, 6.45) is 1.93. The summed E-state index contributed by atoms with van der Waals surface area (Å²) in [5.74, 6) is 0.441. The van der Waals surface area contributed by atoms with E-state index < -0.39 is 0 Å². The van der Waals surface area contributed by atoms with Gasteiger partial charge >= 0.3 is 0 Å². The minimum atomic E-state index is 0.441. The van der Waals surface area contributed by atoms with Crippen LogP contribution in [0.2, 0.25) is 10.0 Å². The number of ether oxygens (including phenoxy) is 1. The summed E-state index contributed by atoms with van der Waals surface area (Å²) >= 11 is 12.5. The molecule has 0 aromatic heterocycles. The predicted octanol–water partition coefficient (Wildman–Crippen LogP) is 3.55. The summed E-state index contributed by atoms with van der Waals surface area (Å²) in [7, 11) is 0. The van der Waals surface area contributed by atoms with Crippen molar-refractivity contribution in [1.82, 2.24) is 5.32 Å². The van der Waals surface area contributed by atoms with Gasteiger partial charge in [-0.05, 0) is 37.1 Å². The van der Waals surface area contributed by atoms with Crippen LogP contribution in [0.4, 0.5) is 0 Å². The van der Waals surface area contributed by atoms with Crippen LogP contribution in [0.5, 0.6) is 0 Å². The average Bonchev–Trinajstić information content (AvgIpc) is 2.36. The van der Waals surface area contributed by atoms with Crippen LogP contribution in [0.1, 0.15) is 18.9 Å². The highest BCUT2D eigenvalue weighted by Gasteiger charge is 2.26. The first-order chi connectivity index (χ1) is 8.72. The molecule has 1 saturated heterocycles. The Morgan fingerprint density at radius 1 is 1.33 bits per heavy atom. The molecular formula is C14H19Cl2NO. The van der Waals surface area contributed by atoms with Crippen LogP contribution in [0.25, 0.3) is 0 Å². The van der Waals surface area contributed by atoms with Gasteiger partial charge in [-0.15, -0.1) is 0 Å². The highest BCUT2D eigenvalue weighted by Crippen LogP contribution is 2.29. The molecule has 1 fully saturated rings.